The summed E-state index contributed by atoms with van der Waals surface area (Å²) in [5.74, 6) is -0.260. The Kier molecular flexibility index (Phi) is 4.31. The van der Waals surface area contributed by atoms with Crippen LogP contribution in [-0.4, -0.2) is 39.7 Å². The molecule has 0 aromatic carbocycles. The fourth-order valence-corrected chi connectivity index (χ4v) is 3.74. The highest BCUT2D eigenvalue weighted by atomic mass is 32.2. The predicted octanol–water partition coefficient (Wildman–Crippen LogP) is 0.981. The van der Waals surface area contributed by atoms with E-state index >= 15 is 0 Å². The Hall–Kier alpha value is 0.0600. The summed E-state index contributed by atoms with van der Waals surface area (Å²) in [5.41, 5.74) is 0. The van der Waals surface area contributed by atoms with Crippen molar-refractivity contribution >= 4 is 17.7 Å². The highest BCUT2D eigenvalue weighted by Gasteiger charge is 2.35. The van der Waals surface area contributed by atoms with Crippen molar-refractivity contribution in [3.8, 4) is 0 Å². The van der Waals surface area contributed by atoms with E-state index in [0.29, 0.717) is 0 Å². The van der Waals surface area contributed by atoms with Gasteiger partial charge in [0, 0.05) is 6.16 Å². The zero-order valence-electron chi connectivity index (χ0n) is 8.71. The summed E-state index contributed by atoms with van der Waals surface area (Å²) in [5, 5.41) is 0. The lowest BCUT2D eigenvalue weighted by Gasteiger charge is -2.18. The molecule has 0 bridgehead atoms. The molecule has 6 nitrogen and oxygen atoms in total. The van der Waals surface area contributed by atoms with Gasteiger partial charge in [-0.25, -0.2) is 0 Å². The van der Waals surface area contributed by atoms with E-state index in [1.54, 1.807) is 13.8 Å². The molecule has 2 atom stereocenters. The average molecular weight is 258 g/mol. The van der Waals surface area contributed by atoms with E-state index in [9.17, 15) is 13.0 Å². The fraction of sp³-hybridized carbons (Fsp3) is 1.00. The molecule has 0 N–H and O–H groups in total. The summed E-state index contributed by atoms with van der Waals surface area (Å²) < 4.78 is 48.4. The van der Waals surface area contributed by atoms with E-state index in [4.69, 9.17) is 9.05 Å². The molecule has 0 amide bonds. The van der Waals surface area contributed by atoms with Crippen LogP contribution in [0.3, 0.4) is 0 Å². The number of hydrogen-bond acceptors (Lipinski definition) is 6. The molecular formula is C7H15O6PS. The second-order valence-corrected chi connectivity index (χ2v) is 7.09. The second kappa shape index (κ2) is 4.93. The van der Waals surface area contributed by atoms with Gasteiger partial charge in [0.2, 0.25) is 0 Å². The summed E-state index contributed by atoms with van der Waals surface area (Å²) >= 11 is 0. The third kappa shape index (κ3) is 3.85. The molecule has 0 aliphatic carbocycles. The van der Waals surface area contributed by atoms with Gasteiger partial charge in [-0.1, -0.05) is 6.92 Å². The largest absolute Gasteiger partial charge is 0.330 e. The van der Waals surface area contributed by atoms with Crippen LogP contribution >= 0.6 is 7.60 Å². The van der Waals surface area contributed by atoms with Crippen molar-refractivity contribution in [3.05, 3.63) is 0 Å². The molecule has 90 valence electrons. The number of rotatable bonds is 5. The molecule has 0 radical (unpaired) electrons. The highest BCUT2D eigenvalue weighted by Crippen LogP contribution is 2.49. The quantitative estimate of drug-likeness (QED) is 0.540. The molecule has 8 heteroatoms. The Morgan fingerprint density at radius 3 is 2.53 bits per heavy atom. The fourth-order valence-electron chi connectivity index (χ4n) is 1.18. The van der Waals surface area contributed by atoms with Crippen LogP contribution in [0.2, 0.25) is 0 Å². The van der Waals surface area contributed by atoms with Gasteiger partial charge in [0.15, 0.2) is 0 Å². The molecule has 1 aliphatic rings. The first kappa shape index (κ1) is 13.1. The van der Waals surface area contributed by atoms with Crippen molar-refractivity contribution in [1.82, 2.24) is 0 Å². The maximum atomic E-state index is 11.9. The molecule has 1 rings (SSSR count). The second-order valence-electron chi connectivity index (χ2n) is 3.08. The van der Waals surface area contributed by atoms with E-state index in [-0.39, 0.29) is 25.1 Å². The Bertz CT molecular complexity index is 350. The highest BCUT2D eigenvalue weighted by molar-refractivity contribution is 7.87. The third-order valence-corrected chi connectivity index (χ3v) is 5.17. The lowest BCUT2D eigenvalue weighted by atomic mass is 10.5. The van der Waals surface area contributed by atoms with Gasteiger partial charge in [-0.2, -0.15) is 8.42 Å². The van der Waals surface area contributed by atoms with Crippen LogP contribution in [0.5, 0.6) is 0 Å². The Morgan fingerprint density at radius 2 is 2.13 bits per heavy atom. The van der Waals surface area contributed by atoms with E-state index in [1.165, 1.54) is 0 Å². The molecule has 1 aliphatic heterocycles. The van der Waals surface area contributed by atoms with Gasteiger partial charge < -0.3 is 9.05 Å². The zero-order chi connectivity index (χ0) is 11.5. The van der Waals surface area contributed by atoms with E-state index in [0.717, 1.165) is 0 Å². The predicted molar refractivity (Wildman–Crippen MR) is 54.4 cm³/mol. The van der Waals surface area contributed by atoms with Gasteiger partial charge in [-0.15, -0.1) is 0 Å². The summed E-state index contributed by atoms with van der Waals surface area (Å²) in [7, 11) is -6.64. The van der Waals surface area contributed by atoms with E-state index in [2.05, 4.69) is 4.18 Å². The van der Waals surface area contributed by atoms with E-state index in [1.807, 2.05) is 0 Å². The Morgan fingerprint density at radius 1 is 1.47 bits per heavy atom. The summed E-state index contributed by atoms with van der Waals surface area (Å²) in [6.07, 6.45) is -0.468. The molecule has 0 aromatic heterocycles. The van der Waals surface area contributed by atoms with Gasteiger partial charge in [-0.3, -0.25) is 8.75 Å². The first-order valence-corrected chi connectivity index (χ1v) is 8.00. The molecule has 15 heavy (non-hydrogen) atoms. The van der Waals surface area contributed by atoms with Crippen LogP contribution < -0.4 is 0 Å². The van der Waals surface area contributed by atoms with Crippen molar-refractivity contribution in [3.63, 3.8) is 0 Å². The summed E-state index contributed by atoms with van der Waals surface area (Å²) in [4.78, 5) is 0. The lowest BCUT2D eigenvalue weighted by molar-refractivity contribution is 0.140. The maximum Gasteiger partial charge on any atom is 0.330 e. The van der Waals surface area contributed by atoms with Crippen molar-refractivity contribution in [2.75, 3.05) is 25.1 Å². The lowest BCUT2D eigenvalue weighted by Crippen LogP contribution is -2.17. The van der Waals surface area contributed by atoms with Crippen molar-refractivity contribution in [2.24, 2.45) is 0 Å². The third-order valence-electron chi connectivity index (χ3n) is 1.85. The van der Waals surface area contributed by atoms with E-state index < -0.39 is 23.8 Å². The smallest absolute Gasteiger partial charge is 0.309 e. The first-order chi connectivity index (χ1) is 6.91. The SMILES string of the molecule is CCOP(=O)(CC)OC1COS(=O)(=O)C1. The minimum absolute atomic E-state index is 0.0839. The topological polar surface area (TPSA) is 78.9 Å². The van der Waals surface area contributed by atoms with Crippen LogP contribution in [0.15, 0.2) is 0 Å². The van der Waals surface area contributed by atoms with Gasteiger partial charge in [-0.05, 0) is 6.92 Å². The monoisotopic (exact) mass is 258 g/mol. The van der Waals surface area contributed by atoms with Crippen LogP contribution in [0.4, 0.5) is 0 Å². The molecule has 1 saturated heterocycles. The molecule has 2 unspecified atom stereocenters. The molecule has 1 fully saturated rings. The van der Waals surface area contributed by atoms with Crippen molar-refractivity contribution < 1.29 is 26.2 Å². The first-order valence-electron chi connectivity index (χ1n) is 4.70. The van der Waals surface area contributed by atoms with Crippen LogP contribution in [0, 0.1) is 0 Å². The summed E-state index contributed by atoms with van der Waals surface area (Å²) in [6.45, 7) is 3.55. The molecular weight excluding hydrogens is 243 g/mol. The normalized spacial score (nSPS) is 28.8. The Labute approximate surface area is 89.6 Å². The number of hydrogen-bond donors (Lipinski definition) is 0. The van der Waals surface area contributed by atoms with Gasteiger partial charge in [0.1, 0.15) is 11.9 Å². The van der Waals surface area contributed by atoms with Gasteiger partial charge >= 0.3 is 7.60 Å². The van der Waals surface area contributed by atoms with Crippen LogP contribution in [0.1, 0.15) is 13.8 Å². The molecule has 0 aromatic rings. The molecule has 0 spiro atoms. The zero-order valence-corrected chi connectivity index (χ0v) is 10.4. The average Bonchev–Trinajstić information content (AvgIpc) is 2.46. The van der Waals surface area contributed by atoms with Gasteiger partial charge in [0.05, 0.1) is 13.2 Å². The maximum absolute atomic E-state index is 11.9. The van der Waals surface area contributed by atoms with Gasteiger partial charge in [0.25, 0.3) is 10.1 Å². The molecule has 0 saturated carbocycles. The van der Waals surface area contributed by atoms with Crippen molar-refractivity contribution in [2.45, 2.75) is 20.0 Å². The summed E-state index contributed by atoms with van der Waals surface area (Å²) in [6, 6.07) is 0. The van der Waals surface area contributed by atoms with Crippen LogP contribution in [-0.2, 0) is 27.9 Å². The minimum atomic E-state index is -3.49. The minimum Gasteiger partial charge on any atom is -0.309 e. The molecule has 1 heterocycles. The van der Waals surface area contributed by atoms with Crippen molar-refractivity contribution in [1.29, 1.82) is 0 Å². The Balaban J connectivity index is 2.58. The van der Waals surface area contributed by atoms with Crippen LogP contribution in [0.25, 0.3) is 0 Å². The standard InChI is InChI=1S/C7H15O6PS/c1-3-11-14(8,4-2)13-7-5-12-15(9,10)6-7/h7H,3-6H2,1-2H3.